The number of rotatable bonds is 7. The van der Waals surface area contributed by atoms with Crippen LogP contribution in [0.4, 0.5) is 9.59 Å². The first-order chi connectivity index (χ1) is 19.9. The summed E-state index contributed by atoms with van der Waals surface area (Å²) >= 11 is 0. The largest absolute Gasteiger partial charge is 0.443 e. The summed E-state index contributed by atoms with van der Waals surface area (Å²) in [6.07, 6.45) is 0.413. The summed E-state index contributed by atoms with van der Waals surface area (Å²) in [5, 5.41) is 0.961. The second-order valence-corrected chi connectivity index (χ2v) is 9.87. The van der Waals surface area contributed by atoms with Crippen LogP contribution in [0.2, 0.25) is 0 Å². The summed E-state index contributed by atoms with van der Waals surface area (Å²) in [6, 6.07) is 35.3. The summed E-state index contributed by atoms with van der Waals surface area (Å²) < 4.78 is 11.1. The molecule has 206 valence electrons. The van der Waals surface area contributed by atoms with Crippen LogP contribution >= 0.6 is 0 Å². The molecule has 0 radical (unpaired) electrons. The lowest BCUT2D eigenvalue weighted by molar-refractivity contribution is -0.128. The minimum atomic E-state index is -1.62. The first-order valence-electron chi connectivity index (χ1n) is 13.3. The monoisotopic (exact) mass is 546 g/mol. The minimum absolute atomic E-state index is 0.0139. The number of nitrogens with zero attached hydrogens (tertiary/aromatic N) is 1. The predicted molar refractivity (Wildman–Crippen MR) is 155 cm³/mol. The fraction of sp³-hybridized carbons (Fsp3) is 0.147. The summed E-state index contributed by atoms with van der Waals surface area (Å²) in [6.45, 7) is 1.56. The number of hydrogen-bond acceptors (Lipinski definition) is 5. The van der Waals surface area contributed by atoms with Crippen LogP contribution in [0.1, 0.15) is 34.7 Å². The molecule has 1 aliphatic rings. The van der Waals surface area contributed by atoms with Crippen LogP contribution < -0.4 is 5.43 Å². The number of ketones is 1. The van der Waals surface area contributed by atoms with Crippen LogP contribution in [0, 0.1) is 0 Å². The standard InChI is InChI=1S/C34H30N2O5/c1-34(30-20-12-11-19-28(30)22-29(31(34)37)21-25-13-5-2-6-14-25)36(33(39)41-24-27-17-9-4-10-18-27)35-32(38)40-23-26-15-7-3-8-16-26/h2-20,22H,21,23-24H2,1H3,(H,35,38)/t34-/m1/s1. The number of Topliss-reactive ketones (excluding diaryl/α,β-unsaturated/α-hetero) is 1. The summed E-state index contributed by atoms with van der Waals surface area (Å²) in [5.41, 5.74) is 5.23. The lowest BCUT2D eigenvalue weighted by Crippen LogP contribution is -2.61. The molecule has 2 amide bonds. The third-order valence-corrected chi connectivity index (χ3v) is 7.04. The van der Waals surface area contributed by atoms with Crippen molar-refractivity contribution >= 4 is 24.0 Å². The Balaban J connectivity index is 1.48. The predicted octanol–water partition coefficient (Wildman–Crippen LogP) is 6.59. The van der Waals surface area contributed by atoms with Gasteiger partial charge >= 0.3 is 12.2 Å². The molecule has 4 aromatic rings. The quantitative estimate of drug-likeness (QED) is 0.264. The van der Waals surface area contributed by atoms with E-state index in [1.165, 1.54) is 0 Å². The van der Waals surface area contributed by atoms with Gasteiger partial charge in [-0.3, -0.25) is 4.79 Å². The molecule has 0 aromatic heterocycles. The van der Waals surface area contributed by atoms with Crippen molar-refractivity contribution in [1.29, 1.82) is 0 Å². The first kappa shape index (κ1) is 27.4. The minimum Gasteiger partial charge on any atom is -0.443 e. The van der Waals surface area contributed by atoms with Crippen molar-refractivity contribution in [3.8, 4) is 0 Å². The highest BCUT2D eigenvalue weighted by Gasteiger charge is 2.50. The molecule has 1 atom stereocenters. The Morgan fingerprint density at radius 2 is 1.22 bits per heavy atom. The third kappa shape index (κ3) is 6.20. The lowest BCUT2D eigenvalue weighted by Gasteiger charge is -2.42. The highest BCUT2D eigenvalue weighted by Crippen LogP contribution is 2.39. The van der Waals surface area contributed by atoms with Gasteiger partial charge in [0.2, 0.25) is 0 Å². The van der Waals surface area contributed by atoms with E-state index >= 15 is 0 Å². The van der Waals surface area contributed by atoms with Gasteiger partial charge in [-0.2, -0.15) is 5.01 Å². The van der Waals surface area contributed by atoms with Crippen molar-refractivity contribution < 1.29 is 23.9 Å². The van der Waals surface area contributed by atoms with Crippen molar-refractivity contribution in [2.75, 3.05) is 0 Å². The summed E-state index contributed by atoms with van der Waals surface area (Å²) in [5.74, 6) is -0.333. The average molecular weight is 547 g/mol. The molecule has 0 fully saturated rings. The number of benzene rings is 4. The van der Waals surface area contributed by atoms with Gasteiger partial charge in [0.1, 0.15) is 13.2 Å². The van der Waals surface area contributed by atoms with Crippen molar-refractivity contribution in [2.24, 2.45) is 0 Å². The molecule has 1 N–H and O–H groups in total. The maximum Gasteiger partial charge on any atom is 0.430 e. The summed E-state index contributed by atoms with van der Waals surface area (Å²) in [4.78, 5) is 41.1. The van der Waals surface area contributed by atoms with E-state index in [0.29, 0.717) is 17.6 Å². The number of hydrogen-bond donors (Lipinski definition) is 1. The van der Waals surface area contributed by atoms with Crippen molar-refractivity contribution in [1.82, 2.24) is 10.4 Å². The molecule has 7 heteroatoms. The number of carbonyl (C=O) groups excluding carboxylic acids is 3. The fourth-order valence-corrected chi connectivity index (χ4v) is 4.89. The molecule has 0 unspecified atom stereocenters. The molecule has 0 aliphatic heterocycles. The number of fused-ring (bicyclic) bond motifs is 1. The van der Waals surface area contributed by atoms with Crippen LogP contribution in [-0.2, 0) is 39.4 Å². The maximum atomic E-state index is 14.3. The molecule has 41 heavy (non-hydrogen) atoms. The van der Waals surface area contributed by atoms with Crippen LogP contribution in [0.15, 0.2) is 121 Å². The Bertz CT molecular complexity index is 1550. The van der Waals surface area contributed by atoms with Gasteiger partial charge in [0.05, 0.1) is 0 Å². The van der Waals surface area contributed by atoms with E-state index in [-0.39, 0.29) is 19.0 Å². The molecule has 7 nitrogen and oxygen atoms in total. The topological polar surface area (TPSA) is 84.9 Å². The smallest absolute Gasteiger partial charge is 0.430 e. The van der Waals surface area contributed by atoms with Crippen LogP contribution in [0.3, 0.4) is 0 Å². The molecule has 0 heterocycles. The summed E-state index contributed by atoms with van der Waals surface area (Å²) in [7, 11) is 0. The average Bonchev–Trinajstić information content (AvgIpc) is 3.02. The maximum absolute atomic E-state index is 14.3. The number of amides is 2. The molecule has 0 bridgehead atoms. The Labute approximate surface area is 239 Å². The molecule has 1 aliphatic carbocycles. The Morgan fingerprint density at radius 1 is 0.707 bits per heavy atom. The number of nitrogens with one attached hydrogen (secondary N) is 1. The molecular formula is C34H30N2O5. The van der Waals surface area contributed by atoms with Crippen LogP contribution in [0.25, 0.3) is 6.08 Å². The molecule has 0 saturated heterocycles. The van der Waals surface area contributed by atoms with Gasteiger partial charge in [0, 0.05) is 12.0 Å². The van der Waals surface area contributed by atoms with E-state index < -0.39 is 17.7 Å². The van der Waals surface area contributed by atoms with Gasteiger partial charge < -0.3 is 9.47 Å². The third-order valence-electron chi connectivity index (χ3n) is 7.04. The zero-order chi connectivity index (χ0) is 28.7. The molecular weight excluding hydrogens is 516 g/mol. The van der Waals surface area contributed by atoms with Gasteiger partial charge in [-0.05, 0) is 40.8 Å². The van der Waals surface area contributed by atoms with Gasteiger partial charge in [-0.1, -0.05) is 115 Å². The highest BCUT2D eigenvalue weighted by atomic mass is 16.6. The van der Waals surface area contributed by atoms with E-state index in [9.17, 15) is 14.4 Å². The van der Waals surface area contributed by atoms with Gasteiger partial charge in [-0.25, -0.2) is 15.0 Å². The lowest BCUT2D eigenvalue weighted by atomic mass is 9.75. The Kier molecular flexibility index (Phi) is 8.25. The molecule has 5 rings (SSSR count). The Morgan fingerprint density at radius 3 is 1.83 bits per heavy atom. The van der Waals surface area contributed by atoms with E-state index in [4.69, 9.17) is 9.47 Å². The fourth-order valence-electron chi connectivity index (χ4n) is 4.89. The second-order valence-electron chi connectivity index (χ2n) is 9.87. The number of carbonyl (C=O) groups is 3. The normalized spacial score (nSPS) is 15.7. The van der Waals surface area contributed by atoms with E-state index in [2.05, 4.69) is 5.43 Å². The number of hydrazine groups is 1. The van der Waals surface area contributed by atoms with Gasteiger partial charge in [-0.15, -0.1) is 0 Å². The van der Waals surface area contributed by atoms with Crippen molar-refractivity contribution in [3.63, 3.8) is 0 Å². The molecule has 0 saturated carbocycles. The van der Waals surface area contributed by atoms with E-state index in [1.54, 1.807) is 19.1 Å². The Hall–Kier alpha value is -5.17. The number of ether oxygens (including phenoxy) is 2. The van der Waals surface area contributed by atoms with Crippen molar-refractivity contribution in [2.45, 2.75) is 32.1 Å². The molecule has 0 spiro atoms. The first-order valence-corrected chi connectivity index (χ1v) is 13.3. The zero-order valence-electron chi connectivity index (χ0n) is 22.7. The van der Waals surface area contributed by atoms with Crippen molar-refractivity contribution in [3.05, 3.63) is 149 Å². The SMILES string of the molecule is C[C@]1(N(NC(=O)OCc2ccccc2)C(=O)OCc2ccccc2)C(=O)C(Cc2ccccc2)=Cc2ccccc21. The van der Waals surface area contributed by atoms with E-state index in [0.717, 1.165) is 27.3 Å². The highest BCUT2D eigenvalue weighted by molar-refractivity contribution is 6.10. The van der Waals surface area contributed by atoms with Gasteiger partial charge in [0.25, 0.3) is 0 Å². The zero-order valence-corrected chi connectivity index (χ0v) is 22.7. The van der Waals surface area contributed by atoms with Crippen LogP contribution in [0.5, 0.6) is 0 Å². The second kappa shape index (κ2) is 12.3. The van der Waals surface area contributed by atoms with Crippen LogP contribution in [-0.4, -0.2) is 23.0 Å². The van der Waals surface area contributed by atoms with E-state index in [1.807, 2.05) is 109 Å². The van der Waals surface area contributed by atoms with Gasteiger partial charge in [0.15, 0.2) is 11.3 Å². The molecule has 4 aromatic carbocycles.